The van der Waals surface area contributed by atoms with Crippen LogP contribution in [0.1, 0.15) is 25.5 Å². The van der Waals surface area contributed by atoms with Gasteiger partial charge in [0.15, 0.2) is 0 Å². The zero-order chi connectivity index (χ0) is 15.2. The van der Waals surface area contributed by atoms with Crippen LogP contribution in [0, 0.1) is 0 Å². The summed E-state index contributed by atoms with van der Waals surface area (Å²) >= 11 is 0. The normalized spacial score (nSPS) is 11.8. The molecule has 2 rings (SSSR count). The SMILES string of the molecule is CCOc1cccc(Oc2cccc(OC)c2[C@H](C)N)c1. The van der Waals surface area contributed by atoms with Crippen LogP contribution < -0.4 is 19.9 Å². The van der Waals surface area contributed by atoms with E-state index in [1.54, 1.807) is 7.11 Å². The van der Waals surface area contributed by atoms with E-state index in [2.05, 4.69) is 0 Å². The first kappa shape index (κ1) is 15.2. The maximum Gasteiger partial charge on any atom is 0.135 e. The van der Waals surface area contributed by atoms with Crippen LogP contribution in [-0.2, 0) is 0 Å². The lowest BCUT2D eigenvalue weighted by Crippen LogP contribution is -2.08. The number of nitrogens with two attached hydrogens (primary N) is 1. The number of rotatable bonds is 6. The third-order valence-electron chi connectivity index (χ3n) is 3.05. The highest BCUT2D eigenvalue weighted by Gasteiger charge is 2.15. The molecule has 0 spiro atoms. The van der Waals surface area contributed by atoms with Crippen LogP contribution in [0.4, 0.5) is 0 Å². The van der Waals surface area contributed by atoms with Crippen LogP contribution in [0.5, 0.6) is 23.0 Å². The first-order chi connectivity index (χ1) is 10.2. The van der Waals surface area contributed by atoms with E-state index in [4.69, 9.17) is 19.9 Å². The molecule has 2 aromatic rings. The Morgan fingerprint density at radius 2 is 1.71 bits per heavy atom. The first-order valence-corrected chi connectivity index (χ1v) is 6.99. The lowest BCUT2D eigenvalue weighted by atomic mass is 10.1. The topological polar surface area (TPSA) is 53.7 Å². The lowest BCUT2D eigenvalue weighted by molar-refractivity contribution is 0.338. The Kier molecular flexibility index (Phi) is 5.06. The summed E-state index contributed by atoms with van der Waals surface area (Å²) in [5, 5.41) is 0. The molecule has 0 saturated carbocycles. The fourth-order valence-electron chi connectivity index (χ4n) is 2.16. The number of ether oxygens (including phenoxy) is 3. The van der Waals surface area contributed by atoms with Crippen molar-refractivity contribution in [1.29, 1.82) is 0 Å². The van der Waals surface area contributed by atoms with Crippen molar-refractivity contribution in [2.45, 2.75) is 19.9 Å². The molecule has 0 heterocycles. The molecule has 0 unspecified atom stereocenters. The van der Waals surface area contributed by atoms with E-state index in [0.717, 1.165) is 17.1 Å². The fourth-order valence-corrected chi connectivity index (χ4v) is 2.16. The van der Waals surface area contributed by atoms with Gasteiger partial charge in [-0.3, -0.25) is 0 Å². The molecule has 112 valence electrons. The van der Waals surface area contributed by atoms with Crippen molar-refractivity contribution in [3.63, 3.8) is 0 Å². The van der Waals surface area contributed by atoms with Gasteiger partial charge in [-0.1, -0.05) is 12.1 Å². The van der Waals surface area contributed by atoms with Crippen LogP contribution in [0.15, 0.2) is 42.5 Å². The predicted octanol–water partition coefficient (Wildman–Crippen LogP) is 3.91. The molecule has 0 fully saturated rings. The minimum absolute atomic E-state index is 0.189. The Balaban J connectivity index is 2.33. The molecule has 0 saturated heterocycles. The van der Waals surface area contributed by atoms with Gasteiger partial charge in [-0.05, 0) is 38.1 Å². The molecule has 21 heavy (non-hydrogen) atoms. The van der Waals surface area contributed by atoms with E-state index < -0.39 is 0 Å². The fraction of sp³-hybridized carbons (Fsp3) is 0.294. The van der Waals surface area contributed by atoms with E-state index in [1.807, 2.05) is 56.3 Å². The Hall–Kier alpha value is -2.20. The largest absolute Gasteiger partial charge is 0.496 e. The summed E-state index contributed by atoms with van der Waals surface area (Å²) < 4.78 is 16.8. The number of benzene rings is 2. The second kappa shape index (κ2) is 6.99. The summed E-state index contributed by atoms with van der Waals surface area (Å²) in [6.45, 7) is 4.47. The third-order valence-corrected chi connectivity index (χ3v) is 3.05. The summed E-state index contributed by atoms with van der Waals surface area (Å²) in [4.78, 5) is 0. The molecule has 2 N–H and O–H groups in total. The van der Waals surface area contributed by atoms with Crippen LogP contribution in [-0.4, -0.2) is 13.7 Å². The second-order valence-electron chi connectivity index (χ2n) is 4.67. The van der Waals surface area contributed by atoms with E-state index in [9.17, 15) is 0 Å². The molecule has 0 aliphatic carbocycles. The summed E-state index contributed by atoms with van der Waals surface area (Å²) in [5.74, 6) is 2.90. The summed E-state index contributed by atoms with van der Waals surface area (Å²) in [5.41, 5.74) is 6.89. The highest BCUT2D eigenvalue weighted by molar-refractivity contribution is 5.49. The van der Waals surface area contributed by atoms with Crippen LogP contribution >= 0.6 is 0 Å². The Bertz CT molecular complexity index is 596. The van der Waals surface area contributed by atoms with E-state index in [-0.39, 0.29) is 6.04 Å². The van der Waals surface area contributed by atoms with Gasteiger partial charge in [-0.2, -0.15) is 0 Å². The van der Waals surface area contributed by atoms with Crippen molar-refractivity contribution in [1.82, 2.24) is 0 Å². The van der Waals surface area contributed by atoms with Gasteiger partial charge in [-0.25, -0.2) is 0 Å². The van der Waals surface area contributed by atoms with Crippen LogP contribution in [0.25, 0.3) is 0 Å². The van der Waals surface area contributed by atoms with Crippen molar-refractivity contribution < 1.29 is 14.2 Å². The van der Waals surface area contributed by atoms with Gasteiger partial charge in [0.05, 0.1) is 19.3 Å². The minimum Gasteiger partial charge on any atom is -0.496 e. The molecule has 0 bridgehead atoms. The van der Waals surface area contributed by atoms with Gasteiger partial charge in [-0.15, -0.1) is 0 Å². The van der Waals surface area contributed by atoms with E-state index in [1.165, 1.54) is 0 Å². The van der Waals surface area contributed by atoms with Gasteiger partial charge < -0.3 is 19.9 Å². The molecule has 0 aromatic heterocycles. The number of hydrogen-bond donors (Lipinski definition) is 1. The van der Waals surface area contributed by atoms with Gasteiger partial charge in [0.2, 0.25) is 0 Å². The molecule has 2 aromatic carbocycles. The smallest absolute Gasteiger partial charge is 0.135 e. The lowest BCUT2D eigenvalue weighted by Gasteiger charge is -2.17. The van der Waals surface area contributed by atoms with Crippen molar-refractivity contribution in [2.24, 2.45) is 5.73 Å². The zero-order valence-electron chi connectivity index (χ0n) is 12.6. The van der Waals surface area contributed by atoms with Crippen molar-refractivity contribution in [3.8, 4) is 23.0 Å². The molecular weight excluding hydrogens is 266 g/mol. The number of methoxy groups -OCH3 is 1. The Labute approximate surface area is 125 Å². The standard InChI is InChI=1S/C17H21NO3/c1-4-20-13-7-5-8-14(11-13)21-16-10-6-9-15(19-3)17(16)12(2)18/h5-12H,4,18H2,1-3H3/t12-/m0/s1. The zero-order valence-corrected chi connectivity index (χ0v) is 12.6. The third kappa shape index (κ3) is 3.67. The predicted molar refractivity (Wildman–Crippen MR) is 83.3 cm³/mol. The molecular formula is C17H21NO3. The van der Waals surface area contributed by atoms with E-state index in [0.29, 0.717) is 18.1 Å². The quantitative estimate of drug-likeness (QED) is 0.875. The molecule has 0 aliphatic rings. The van der Waals surface area contributed by atoms with Gasteiger partial charge >= 0.3 is 0 Å². The van der Waals surface area contributed by atoms with Gasteiger partial charge in [0.1, 0.15) is 23.0 Å². The summed E-state index contributed by atoms with van der Waals surface area (Å²) in [6, 6.07) is 13.0. The Morgan fingerprint density at radius 3 is 2.38 bits per heavy atom. The molecule has 0 aliphatic heterocycles. The second-order valence-corrected chi connectivity index (χ2v) is 4.67. The average Bonchev–Trinajstić information content (AvgIpc) is 2.47. The highest BCUT2D eigenvalue weighted by atomic mass is 16.5. The van der Waals surface area contributed by atoms with Crippen molar-refractivity contribution >= 4 is 0 Å². The van der Waals surface area contributed by atoms with Crippen LogP contribution in [0.3, 0.4) is 0 Å². The minimum atomic E-state index is -0.189. The average molecular weight is 287 g/mol. The molecule has 0 radical (unpaired) electrons. The van der Waals surface area contributed by atoms with Crippen molar-refractivity contribution in [2.75, 3.05) is 13.7 Å². The first-order valence-electron chi connectivity index (χ1n) is 6.99. The van der Waals surface area contributed by atoms with Gasteiger partial charge in [0, 0.05) is 12.1 Å². The maximum atomic E-state index is 6.04. The van der Waals surface area contributed by atoms with E-state index >= 15 is 0 Å². The number of hydrogen-bond acceptors (Lipinski definition) is 4. The molecule has 1 atom stereocenters. The highest BCUT2D eigenvalue weighted by Crippen LogP contribution is 2.36. The Morgan fingerprint density at radius 1 is 1.05 bits per heavy atom. The summed E-state index contributed by atoms with van der Waals surface area (Å²) in [6.07, 6.45) is 0. The van der Waals surface area contributed by atoms with Crippen molar-refractivity contribution in [3.05, 3.63) is 48.0 Å². The summed E-state index contributed by atoms with van der Waals surface area (Å²) in [7, 11) is 1.63. The molecule has 0 amide bonds. The molecule has 4 nitrogen and oxygen atoms in total. The maximum absolute atomic E-state index is 6.04. The molecule has 4 heteroatoms. The monoisotopic (exact) mass is 287 g/mol. The van der Waals surface area contributed by atoms with Crippen LogP contribution in [0.2, 0.25) is 0 Å². The van der Waals surface area contributed by atoms with Gasteiger partial charge in [0.25, 0.3) is 0 Å².